The summed E-state index contributed by atoms with van der Waals surface area (Å²) >= 11 is 8.07. The molecule has 0 aromatic rings. The molecule has 0 heterocycles. The summed E-state index contributed by atoms with van der Waals surface area (Å²) < 4.78 is 0. The third-order valence-electron chi connectivity index (χ3n) is 4.06. The predicted molar refractivity (Wildman–Crippen MR) is 105 cm³/mol. The van der Waals surface area contributed by atoms with E-state index in [0.29, 0.717) is 0 Å². The van der Waals surface area contributed by atoms with E-state index in [-0.39, 0.29) is 24.6 Å². The van der Waals surface area contributed by atoms with Gasteiger partial charge in [-0.25, -0.2) is 0 Å². The Balaban J connectivity index is 6.13. The van der Waals surface area contributed by atoms with Crippen LogP contribution in [0.4, 0.5) is 0 Å². The van der Waals surface area contributed by atoms with Crippen molar-refractivity contribution < 1.29 is 29.4 Å². The van der Waals surface area contributed by atoms with E-state index in [0.717, 1.165) is 0 Å². The van der Waals surface area contributed by atoms with Gasteiger partial charge in [0.1, 0.15) is 0 Å². The SMILES string of the molecule is CC(O)CNC(=O)C(CS)C(C(N)=O)(C(N)=O)C(CS)C(=O)NCC(C)O. The predicted octanol–water partition coefficient (Wildman–Crippen LogP) is -2.97. The zero-order valence-electron chi connectivity index (χ0n) is 15.2. The average Bonchev–Trinajstić information content (AvgIpc) is 2.56. The number of thiol groups is 2. The molecule has 0 fully saturated rings. The molecule has 0 aliphatic rings. The Bertz CT molecular complexity index is 510. The van der Waals surface area contributed by atoms with Gasteiger partial charge in [-0.3, -0.25) is 19.2 Å². The summed E-state index contributed by atoms with van der Waals surface area (Å²) in [6, 6.07) is 0. The molecule has 27 heavy (non-hydrogen) atoms. The maximum absolute atomic E-state index is 12.6. The minimum absolute atomic E-state index is 0.156. The van der Waals surface area contributed by atoms with E-state index in [2.05, 4.69) is 35.9 Å². The fraction of sp³-hybridized carbons (Fsp3) is 0.733. The van der Waals surface area contributed by atoms with Crippen LogP contribution in [-0.4, -0.2) is 70.6 Å². The van der Waals surface area contributed by atoms with E-state index in [1.807, 2.05) is 0 Å². The fourth-order valence-electron chi connectivity index (χ4n) is 2.66. The Hall–Kier alpha value is -1.50. The van der Waals surface area contributed by atoms with Crippen LogP contribution in [0.1, 0.15) is 13.8 Å². The van der Waals surface area contributed by atoms with Crippen molar-refractivity contribution in [3.8, 4) is 0 Å². The molecule has 0 bridgehead atoms. The lowest BCUT2D eigenvalue weighted by Gasteiger charge is -2.39. The van der Waals surface area contributed by atoms with E-state index in [9.17, 15) is 29.4 Å². The van der Waals surface area contributed by atoms with Gasteiger partial charge < -0.3 is 32.3 Å². The molecule has 0 saturated heterocycles. The number of aliphatic hydroxyl groups is 2. The van der Waals surface area contributed by atoms with E-state index in [1.54, 1.807) is 0 Å². The Morgan fingerprint density at radius 1 is 0.852 bits per heavy atom. The smallest absolute Gasteiger partial charge is 0.234 e. The molecule has 156 valence electrons. The molecule has 0 radical (unpaired) electrons. The van der Waals surface area contributed by atoms with Crippen LogP contribution in [-0.2, 0) is 19.2 Å². The standard InChI is InChI=1S/C15H28N4O6S2/c1-7(20)3-18-11(22)9(5-26)15(13(16)24,14(17)25)10(6-27)12(23)19-4-8(2)21/h7-10,20-21,26-27H,3-6H2,1-2H3,(H2,16,24)(H2,17,25)(H,18,22)(H,19,23). The molecule has 0 saturated carbocycles. The molecule has 0 spiro atoms. The van der Waals surface area contributed by atoms with Crippen molar-refractivity contribution in [2.75, 3.05) is 24.6 Å². The average molecular weight is 425 g/mol. The minimum atomic E-state index is -2.41. The van der Waals surface area contributed by atoms with Crippen molar-refractivity contribution in [2.24, 2.45) is 28.7 Å². The van der Waals surface area contributed by atoms with Gasteiger partial charge in [0.2, 0.25) is 23.6 Å². The largest absolute Gasteiger partial charge is 0.392 e. The third-order valence-corrected chi connectivity index (χ3v) is 4.79. The molecule has 4 atom stereocenters. The van der Waals surface area contributed by atoms with Crippen molar-refractivity contribution in [1.82, 2.24) is 10.6 Å². The van der Waals surface area contributed by atoms with Crippen LogP contribution < -0.4 is 22.1 Å². The van der Waals surface area contributed by atoms with Crippen LogP contribution in [0.25, 0.3) is 0 Å². The molecule has 0 aliphatic carbocycles. The summed E-state index contributed by atoms with van der Waals surface area (Å²) in [5, 5.41) is 23.4. The molecule has 10 nitrogen and oxygen atoms in total. The quantitative estimate of drug-likeness (QED) is 0.122. The van der Waals surface area contributed by atoms with Crippen molar-refractivity contribution in [1.29, 1.82) is 0 Å². The van der Waals surface area contributed by atoms with Gasteiger partial charge in [-0.15, -0.1) is 0 Å². The number of amides is 4. The van der Waals surface area contributed by atoms with Crippen LogP contribution >= 0.6 is 25.3 Å². The van der Waals surface area contributed by atoms with Gasteiger partial charge in [-0.2, -0.15) is 25.3 Å². The molecule has 0 aliphatic heterocycles. The lowest BCUT2D eigenvalue weighted by molar-refractivity contribution is -0.157. The number of primary amides is 2. The van der Waals surface area contributed by atoms with E-state index in [1.165, 1.54) is 13.8 Å². The Kier molecular flexibility index (Phi) is 10.7. The minimum Gasteiger partial charge on any atom is -0.392 e. The van der Waals surface area contributed by atoms with Crippen LogP contribution in [0.2, 0.25) is 0 Å². The van der Waals surface area contributed by atoms with Gasteiger partial charge >= 0.3 is 0 Å². The number of nitrogens with two attached hydrogens (primary N) is 2. The van der Waals surface area contributed by atoms with Crippen molar-refractivity contribution in [3.63, 3.8) is 0 Å². The molecular formula is C15H28N4O6S2. The van der Waals surface area contributed by atoms with Crippen molar-refractivity contribution >= 4 is 48.9 Å². The normalized spacial score (nSPS) is 15.9. The van der Waals surface area contributed by atoms with Crippen LogP contribution in [0.15, 0.2) is 0 Å². The van der Waals surface area contributed by atoms with E-state index in [4.69, 9.17) is 11.5 Å². The first kappa shape index (κ1) is 25.5. The number of carbonyl (C=O) groups is 4. The summed E-state index contributed by atoms with van der Waals surface area (Å²) in [5.74, 6) is -7.80. The number of hydrogen-bond acceptors (Lipinski definition) is 8. The second-order valence-electron chi connectivity index (χ2n) is 6.26. The molecular weight excluding hydrogens is 396 g/mol. The van der Waals surface area contributed by atoms with Gasteiger partial charge in [-0.05, 0) is 13.8 Å². The summed E-state index contributed by atoms with van der Waals surface area (Å²) in [5.41, 5.74) is 8.49. The molecule has 4 unspecified atom stereocenters. The summed E-state index contributed by atoms with van der Waals surface area (Å²) in [4.78, 5) is 49.8. The molecule has 12 heteroatoms. The Labute approximate surface area is 168 Å². The Morgan fingerprint density at radius 3 is 1.33 bits per heavy atom. The highest BCUT2D eigenvalue weighted by Gasteiger charge is 2.59. The zero-order chi connectivity index (χ0) is 21.4. The molecule has 0 aromatic heterocycles. The Morgan fingerprint density at radius 2 is 1.15 bits per heavy atom. The number of hydrogen-bond donors (Lipinski definition) is 8. The second kappa shape index (κ2) is 11.4. The summed E-state index contributed by atoms with van der Waals surface area (Å²) in [7, 11) is 0. The maximum atomic E-state index is 12.6. The van der Waals surface area contributed by atoms with Crippen molar-refractivity contribution in [3.05, 3.63) is 0 Å². The lowest BCUT2D eigenvalue weighted by Crippen LogP contribution is -2.64. The topological polar surface area (TPSA) is 185 Å². The van der Waals surface area contributed by atoms with Gasteiger partial charge in [0.15, 0.2) is 5.41 Å². The van der Waals surface area contributed by atoms with Crippen LogP contribution in [0, 0.1) is 17.3 Å². The first-order valence-electron chi connectivity index (χ1n) is 8.19. The van der Waals surface area contributed by atoms with Gasteiger partial charge in [-0.1, -0.05) is 0 Å². The highest BCUT2D eigenvalue weighted by molar-refractivity contribution is 7.80. The first-order valence-corrected chi connectivity index (χ1v) is 9.46. The molecule has 8 N–H and O–H groups in total. The van der Waals surface area contributed by atoms with Crippen LogP contribution in [0.3, 0.4) is 0 Å². The molecule has 0 aromatic carbocycles. The van der Waals surface area contributed by atoms with Gasteiger partial charge in [0.05, 0.1) is 24.0 Å². The first-order chi connectivity index (χ1) is 12.5. The number of nitrogens with one attached hydrogen (secondary N) is 2. The summed E-state index contributed by atoms with van der Waals surface area (Å²) in [6.45, 7) is 2.53. The number of rotatable bonds is 12. The molecule has 4 amide bonds. The van der Waals surface area contributed by atoms with Gasteiger partial charge in [0.25, 0.3) is 0 Å². The molecule has 0 rings (SSSR count). The highest BCUT2D eigenvalue weighted by Crippen LogP contribution is 2.38. The van der Waals surface area contributed by atoms with E-state index < -0.39 is 53.1 Å². The van der Waals surface area contributed by atoms with E-state index >= 15 is 0 Å². The fourth-order valence-corrected chi connectivity index (χ4v) is 3.57. The van der Waals surface area contributed by atoms with Crippen LogP contribution in [0.5, 0.6) is 0 Å². The van der Waals surface area contributed by atoms with Gasteiger partial charge in [0, 0.05) is 24.6 Å². The third kappa shape index (κ3) is 6.26. The monoisotopic (exact) mass is 424 g/mol. The lowest BCUT2D eigenvalue weighted by atomic mass is 9.65. The number of aliphatic hydroxyl groups excluding tert-OH is 2. The second-order valence-corrected chi connectivity index (χ2v) is 6.99. The maximum Gasteiger partial charge on any atom is 0.234 e. The number of carbonyl (C=O) groups excluding carboxylic acids is 4. The zero-order valence-corrected chi connectivity index (χ0v) is 17.0. The highest BCUT2D eigenvalue weighted by atomic mass is 32.1. The van der Waals surface area contributed by atoms with Crippen molar-refractivity contribution in [2.45, 2.75) is 26.1 Å². The summed E-state index contributed by atoms with van der Waals surface area (Å²) in [6.07, 6.45) is -1.78.